The lowest BCUT2D eigenvalue weighted by Crippen LogP contribution is -2.54. The summed E-state index contributed by atoms with van der Waals surface area (Å²) in [5.41, 5.74) is 2.13. The fraction of sp³-hybridized carbons (Fsp3) is 0.360. The molecule has 0 radical (unpaired) electrons. The van der Waals surface area contributed by atoms with E-state index in [1.54, 1.807) is 11.8 Å². The lowest BCUT2D eigenvalue weighted by Gasteiger charge is -2.43. The van der Waals surface area contributed by atoms with Crippen LogP contribution in [0.2, 0.25) is 5.02 Å². The van der Waals surface area contributed by atoms with Gasteiger partial charge in [0.15, 0.2) is 0 Å². The van der Waals surface area contributed by atoms with E-state index in [9.17, 15) is 9.59 Å². The van der Waals surface area contributed by atoms with E-state index in [1.165, 1.54) is 6.42 Å². The molecule has 2 fully saturated rings. The molecule has 4 nitrogen and oxygen atoms in total. The Hall–Kier alpha value is -2.24. The van der Waals surface area contributed by atoms with Crippen LogP contribution >= 0.6 is 23.4 Å². The molecule has 1 saturated carbocycles. The summed E-state index contributed by atoms with van der Waals surface area (Å²) in [6, 6.07) is 17.7. The largest absolute Gasteiger partial charge is 0.354 e. The molecule has 1 aliphatic heterocycles. The van der Waals surface area contributed by atoms with Crippen molar-refractivity contribution >= 4 is 41.3 Å². The van der Waals surface area contributed by atoms with Crippen LogP contribution in [-0.4, -0.2) is 41.1 Å². The predicted octanol–water partition coefficient (Wildman–Crippen LogP) is 4.93. The normalized spacial score (nSPS) is 22.3. The number of carbonyl (C=O) groups excluding carboxylic acids is 2. The van der Waals surface area contributed by atoms with Gasteiger partial charge in [-0.25, -0.2) is 0 Å². The summed E-state index contributed by atoms with van der Waals surface area (Å²) in [5, 5.41) is 4.05. The van der Waals surface area contributed by atoms with Crippen LogP contribution in [0.25, 0.3) is 6.08 Å². The van der Waals surface area contributed by atoms with Crippen molar-refractivity contribution in [2.24, 2.45) is 0 Å². The van der Waals surface area contributed by atoms with Gasteiger partial charge in [0.1, 0.15) is 6.54 Å². The molecular formula is C25H27ClN2O2S. The van der Waals surface area contributed by atoms with Crippen LogP contribution in [0.1, 0.15) is 36.8 Å². The first-order chi connectivity index (χ1) is 15.1. The average Bonchev–Trinajstić information content (AvgIpc) is 2.79. The number of hydrogen-bond acceptors (Lipinski definition) is 3. The summed E-state index contributed by atoms with van der Waals surface area (Å²) >= 11 is 7.62. The minimum atomic E-state index is -0.0994. The SMILES string of the molecule is O=C(CN1C(=O)/C(=C/c2ccccc2)SC2CCCCC21)NCCc1ccc(Cl)cc1. The molecule has 31 heavy (non-hydrogen) atoms. The summed E-state index contributed by atoms with van der Waals surface area (Å²) in [7, 11) is 0. The minimum Gasteiger partial charge on any atom is -0.354 e. The molecule has 6 heteroatoms. The number of carbonyl (C=O) groups is 2. The number of hydrogen-bond donors (Lipinski definition) is 1. The molecule has 2 amide bonds. The standard InChI is InChI=1S/C25H27ClN2O2S/c26-20-12-10-18(11-13-20)14-15-27-24(29)17-28-21-8-4-5-9-22(21)31-23(25(28)30)16-19-6-2-1-3-7-19/h1-3,6-7,10-13,16,21-22H,4-5,8-9,14-15,17H2,(H,27,29)/b23-16-. The average molecular weight is 455 g/mol. The van der Waals surface area contributed by atoms with E-state index in [2.05, 4.69) is 5.32 Å². The molecule has 2 unspecified atom stereocenters. The van der Waals surface area contributed by atoms with Crippen LogP contribution in [0.4, 0.5) is 0 Å². The van der Waals surface area contributed by atoms with Crippen molar-refractivity contribution < 1.29 is 9.59 Å². The molecule has 2 aliphatic rings. The Balaban J connectivity index is 1.41. The third kappa shape index (κ3) is 5.72. The highest BCUT2D eigenvalue weighted by molar-refractivity contribution is 8.04. The zero-order chi connectivity index (χ0) is 21.6. The first-order valence-electron chi connectivity index (χ1n) is 10.9. The summed E-state index contributed by atoms with van der Waals surface area (Å²) in [4.78, 5) is 28.5. The number of benzene rings is 2. The van der Waals surface area contributed by atoms with E-state index >= 15 is 0 Å². The van der Waals surface area contributed by atoms with Gasteiger partial charge in [0.2, 0.25) is 5.91 Å². The summed E-state index contributed by atoms with van der Waals surface area (Å²) < 4.78 is 0. The van der Waals surface area contributed by atoms with Crippen LogP contribution in [0, 0.1) is 0 Å². The van der Waals surface area contributed by atoms with E-state index in [1.807, 2.05) is 65.6 Å². The highest BCUT2D eigenvalue weighted by Gasteiger charge is 2.41. The Labute approximate surface area is 193 Å². The maximum atomic E-state index is 13.3. The highest BCUT2D eigenvalue weighted by Crippen LogP contribution is 2.42. The van der Waals surface area contributed by atoms with E-state index in [0.29, 0.717) is 16.8 Å². The number of halogens is 1. The van der Waals surface area contributed by atoms with E-state index in [0.717, 1.165) is 41.7 Å². The summed E-state index contributed by atoms with van der Waals surface area (Å²) in [6.07, 6.45) is 7.05. The molecule has 1 N–H and O–H groups in total. The molecule has 0 bridgehead atoms. The summed E-state index contributed by atoms with van der Waals surface area (Å²) in [6.45, 7) is 0.658. The van der Waals surface area contributed by atoms with Crippen molar-refractivity contribution in [3.63, 3.8) is 0 Å². The molecule has 2 aromatic carbocycles. The van der Waals surface area contributed by atoms with Gasteiger partial charge in [-0.05, 0) is 48.6 Å². The maximum absolute atomic E-state index is 13.3. The number of nitrogens with zero attached hydrogens (tertiary/aromatic N) is 1. The Morgan fingerprint density at radius 1 is 1.10 bits per heavy atom. The van der Waals surface area contributed by atoms with E-state index in [4.69, 9.17) is 11.6 Å². The van der Waals surface area contributed by atoms with Gasteiger partial charge in [-0.1, -0.05) is 66.9 Å². The van der Waals surface area contributed by atoms with Gasteiger partial charge in [0.25, 0.3) is 5.91 Å². The maximum Gasteiger partial charge on any atom is 0.261 e. The molecule has 1 aliphatic carbocycles. The molecule has 4 rings (SSSR count). The fourth-order valence-corrected chi connectivity index (χ4v) is 5.87. The molecule has 2 atom stereocenters. The summed E-state index contributed by atoms with van der Waals surface area (Å²) in [5.74, 6) is -0.123. The van der Waals surface area contributed by atoms with Gasteiger partial charge in [-0.15, -0.1) is 11.8 Å². The van der Waals surface area contributed by atoms with Crippen LogP contribution < -0.4 is 5.32 Å². The number of fused-ring (bicyclic) bond motifs is 1. The number of thioether (sulfide) groups is 1. The second kappa shape index (κ2) is 10.4. The Bertz CT molecular complexity index is 946. The number of amides is 2. The lowest BCUT2D eigenvalue weighted by atomic mass is 9.93. The van der Waals surface area contributed by atoms with Crippen LogP contribution in [-0.2, 0) is 16.0 Å². The van der Waals surface area contributed by atoms with Gasteiger partial charge in [0, 0.05) is 22.9 Å². The van der Waals surface area contributed by atoms with Crippen molar-refractivity contribution in [1.82, 2.24) is 10.2 Å². The van der Waals surface area contributed by atoms with Gasteiger partial charge in [-0.2, -0.15) is 0 Å². The van der Waals surface area contributed by atoms with Crippen molar-refractivity contribution in [2.45, 2.75) is 43.4 Å². The molecule has 0 aromatic heterocycles. The third-order valence-corrected chi connectivity index (χ3v) is 7.53. The van der Waals surface area contributed by atoms with Crippen LogP contribution in [0.3, 0.4) is 0 Å². The van der Waals surface area contributed by atoms with Gasteiger partial charge < -0.3 is 10.2 Å². The van der Waals surface area contributed by atoms with Gasteiger partial charge >= 0.3 is 0 Å². The van der Waals surface area contributed by atoms with Crippen LogP contribution in [0.15, 0.2) is 59.5 Å². The zero-order valence-corrected chi connectivity index (χ0v) is 19.0. The molecule has 162 valence electrons. The van der Waals surface area contributed by atoms with Crippen molar-refractivity contribution in [3.05, 3.63) is 75.7 Å². The highest BCUT2D eigenvalue weighted by atomic mass is 35.5. The monoisotopic (exact) mass is 454 g/mol. The van der Waals surface area contributed by atoms with Gasteiger partial charge in [-0.3, -0.25) is 9.59 Å². The lowest BCUT2D eigenvalue weighted by molar-refractivity contribution is -0.135. The number of nitrogens with one attached hydrogen (secondary N) is 1. The van der Waals surface area contributed by atoms with E-state index in [-0.39, 0.29) is 24.4 Å². The number of rotatable bonds is 6. The third-order valence-electron chi connectivity index (χ3n) is 5.88. The smallest absolute Gasteiger partial charge is 0.261 e. The molecule has 1 heterocycles. The molecule has 1 saturated heterocycles. The van der Waals surface area contributed by atoms with Crippen molar-refractivity contribution in [3.8, 4) is 0 Å². The first kappa shape index (κ1) is 22.0. The topological polar surface area (TPSA) is 49.4 Å². The molecule has 2 aromatic rings. The minimum absolute atomic E-state index is 0.0233. The van der Waals surface area contributed by atoms with E-state index < -0.39 is 0 Å². The Morgan fingerprint density at radius 3 is 2.61 bits per heavy atom. The second-order valence-corrected chi connectivity index (χ2v) is 9.80. The zero-order valence-electron chi connectivity index (χ0n) is 17.4. The predicted molar refractivity (Wildman–Crippen MR) is 128 cm³/mol. The fourth-order valence-electron chi connectivity index (χ4n) is 4.27. The quantitative estimate of drug-likeness (QED) is 0.630. The molecular weight excluding hydrogens is 428 g/mol. The van der Waals surface area contributed by atoms with Crippen LogP contribution in [0.5, 0.6) is 0 Å². The second-order valence-electron chi connectivity index (χ2n) is 8.09. The van der Waals surface area contributed by atoms with Crippen molar-refractivity contribution in [1.29, 1.82) is 0 Å². The van der Waals surface area contributed by atoms with Crippen molar-refractivity contribution in [2.75, 3.05) is 13.1 Å². The van der Waals surface area contributed by atoms with Gasteiger partial charge in [0.05, 0.1) is 4.91 Å². The first-order valence-corrected chi connectivity index (χ1v) is 12.1. The Morgan fingerprint density at radius 2 is 1.84 bits per heavy atom. The Kier molecular flexibility index (Phi) is 7.36. The molecule has 0 spiro atoms.